The highest BCUT2D eigenvalue weighted by Crippen LogP contribution is 2.22. The molecule has 0 atom stereocenters. The molecule has 0 radical (unpaired) electrons. The first-order valence-electron chi connectivity index (χ1n) is 4.49. The van der Waals surface area contributed by atoms with E-state index in [-0.39, 0.29) is 5.97 Å². The second-order valence-electron chi connectivity index (χ2n) is 3.54. The van der Waals surface area contributed by atoms with Gasteiger partial charge < -0.3 is 9.47 Å². The van der Waals surface area contributed by atoms with Gasteiger partial charge in [-0.25, -0.2) is 0 Å². The topological polar surface area (TPSA) is 35.5 Å². The number of carbonyl (C=O) groups excluding carboxylic acids is 1. The molecule has 0 amide bonds. The Hall–Kier alpha value is -1.03. The van der Waals surface area contributed by atoms with Crippen LogP contribution in [0, 0.1) is 0 Å². The number of rotatable bonds is 3. The Kier molecular flexibility index (Phi) is 3.74. The average molecular weight is 273 g/mol. The third-order valence-corrected chi connectivity index (χ3v) is 2.08. The normalized spacial score (nSPS) is 10.9. The number of ether oxygens (including phenoxy) is 2. The van der Waals surface area contributed by atoms with Crippen LogP contribution in [-0.4, -0.2) is 17.4 Å². The van der Waals surface area contributed by atoms with Gasteiger partial charge in [-0.1, -0.05) is 15.9 Å². The van der Waals surface area contributed by atoms with E-state index >= 15 is 0 Å². The monoisotopic (exact) mass is 272 g/mol. The van der Waals surface area contributed by atoms with E-state index in [0.29, 0.717) is 5.75 Å². The van der Waals surface area contributed by atoms with E-state index in [9.17, 15) is 4.79 Å². The second kappa shape index (κ2) is 4.66. The van der Waals surface area contributed by atoms with Gasteiger partial charge in [0.25, 0.3) is 0 Å². The van der Waals surface area contributed by atoms with Gasteiger partial charge in [0.2, 0.25) is 0 Å². The predicted octanol–water partition coefficient (Wildman–Crippen LogP) is 2.77. The molecular weight excluding hydrogens is 260 g/mol. The Balaban J connectivity index is 2.70. The summed E-state index contributed by atoms with van der Waals surface area (Å²) < 4.78 is 9.45. The fraction of sp³-hybridized carbons (Fsp3) is 0.364. The minimum absolute atomic E-state index is 0.326. The van der Waals surface area contributed by atoms with E-state index in [0.717, 1.165) is 5.75 Å². The first-order valence-corrected chi connectivity index (χ1v) is 5.28. The molecule has 82 valence electrons. The van der Waals surface area contributed by atoms with Gasteiger partial charge in [-0.05, 0) is 38.1 Å². The third-order valence-electron chi connectivity index (χ3n) is 1.76. The SMILES string of the molecule is COc1ccc(OC(=O)C(C)(C)Br)cc1. The number of alkyl halides is 1. The Morgan fingerprint density at radius 1 is 1.20 bits per heavy atom. The fourth-order valence-electron chi connectivity index (χ4n) is 0.872. The maximum absolute atomic E-state index is 11.5. The fourth-order valence-corrected chi connectivity index (χ4v) is 0.953. The first-order chi connectivity index (χ1) is 6.93. The molecule has 0 saturated heterocycles. The average Bonchev–Trinajstić information content (AvgIpc) is 2.17. The lowest BCUT2D eigenvalue weighted by molar-refractivity contribution is -0.136. The van der Waals surface area contributed by atoms with Crippen molar-refractivity contribution >= 4 is 21.9 Å². The molecule has 0 heterocycles. The van der Waals surface area contributed by atoms with Crippen molar-refractivity contribution in [1.82, 2.24) is 0 Å². The number of hydrogen-bond acceptors (Lipinski definition) is 3. The maximum atomic E-state index is 11.5. The van der Waals surface area contributed by atoms with Gasteiger partial charge in [0, 0.05) is 0 Å². The van der Waals surface area contributed by atoms with E-state index in [2.05, 4.69) is 15.9 Å². The summed E-state index contributed by atoms with van der Waals surface area (Å²) in [5.74, 6) is 0.911. The molecule has 0 bridgehead atoms. The van der Waals surface area contributed by atoms with Gasteiger partial charge in [0.05, 0.1) is 7.11 Å². The van der Waals surface area contributed by atoms with Crippen LogP contribution in [0.2, 0.25) is 0 Å². The van der Waals surface area contributed by atoms with Gasteiger partial charge >= 0.3 is 5.97 Å². The predicted molar refractivity (Wildman–Crippen MR) is 61.6 cm³/mol. The molecule has 0 unspecified atom stereocenters. The van der Waals surface area contributed by atoms with Crippen molar-refractivity contribution in [2.75, 3.05) is 7.11 Å². The second-order valence-corrected chi connectivity index (χ2v) is 5.52. The largest absolute Gasteiger partial charge is 0.497 e. The molecule has 1 aromatic rings. The van der Waals surface area contributed by atoms with Crippen molar-refractivity contribution in [3.8, 4) is 11.5 Å². The number of methoxy groups -OCH3 is 1. The minimum atomic E-state index is -0.674. The molecule has 4 heteroatoms. The lowest BCUT2D eigenvalue weighted by Crippen LogP contribution is -2.29. The summed E-state index contributed by atoms with van der Waals surface area (Å²) in [4.78, 5) is 11.5. The van der Waals surface area contributed by atoms with Crippen LogP contribution in [0.5, 0.6) is 11.5 Å². The van der Waals surface area contributed by atoms with Gasteiger partial charge in [-0.15, -0.1) is 0 Å². The highest BCUT2D eigenvalue weighted by atomic mass is 79.9. The molecule has 0 saturated carbocycles. The van der Waals surface area contributed by atoms with E-state index < -0.39 is 4.32 Å². The number of hydrogen-bond donors (Lipinski definition) is 0. The smallest absolute Gasteiger partial charge is 0.327 e. The molecule has 0 fully saturated rings. The number of benzene rings is 1. The molecule has 0 aliphatic heterocycles. The Morgan fingerprint density at radius 3 is 2.07 bits per heavy atom. The highest BCUT2D eigenvalue weighted by molar-refractivity contribution is 9.10. The van der Waals surface area contributed by atoms with Crippen molar-refractivity contribution < 1.29 is 14.3 Å². The first kappa shape index (κ1) is 12.0. The summed E-state index contributed by atoms with van der Waals surface area (Å²) in [5.41, 5.74) is 0. The quantitative estimate of drug-likeness (QED) is 0.482. The van der Waals surface area contributed by atoms with E-state index in [1.165, 1.54) is 0 Å². The van der Waals surface area contributed by atoms with Crippen molar-refractivity contribution in [3.63, 3.8) is 0 Å². The van der Waals surface area contributed by atoms with Crippen LogP contribution in [0.25, 0.3) is 0 Å². The number of carbonyl (C=O) groups is 1. The summed E-state index contributed by atoms with van der Waals surface area (Å²) in [6.07, 6.45) is 0. The zero-order valence-corrected chi connectivity index (χ0v) is 10.5. The summed E-state index contributed by atoms with van der Waals surface area (Å²) in [6, 6.07) is 6.86. The minimum Gasteiger partial charge on any atom is -0.497 e. The van der Waals surface area contributed by atoms with Crippen LogP contribution in [0.15, 0.2) is 24.3 Å². The molecule has 0 N–H and O–H groups in total. The van der Waals surface area contributed by atoms with Gasteiger partial charge in [0.1, 0.15) is 15.8 Å². The lowest BCUT2D eigenvalue weighted by Gasteiger charge is -2.14. The molecular formula is C11H13BrO3. The maximum Gasteiger partial charge on any atom is 0.327 e. The van der Waals surface area contributed by atoms with E-state index in [1.54, 1.807) is 45.2 Å². The standard InChI is InChI=1S/C11H13BrO3/c1-11(2,12)10(13)15-9-6-4-8(14-3)5-7-9/h4-7H,1-3H3. The molecule has 0 aliphatic rings. The summed E-state index contributed by atoms with van der Waals surface area (Å²) >= 11 is 3.23. The third kappa shape index (κ3) is 3.55. The molecule has 0 aromatic heterocycles. The van der Waals surface area contributed by atoms with Crippen LogP contribution in [0.4, 0.5) is 0 Å². The van der Waals surface area contributed by atoms with Crippen LogP contribution < -0.4 is 9.47 Å². The van der Waals surface area contributed by atoms with Crippen LogP contribution in [0.3, 0.4) is 0 Å². The van der Waals surface area contributed by atoms with Gasteiger partial charge in [-0.3, -0.25) is 4.79 Å². The van der Waals surface area contributed by atoms with E-state index in [4.69, 9.17) is 9.47 Å². The highest BCUT2D eigenvalue weighted by Gasteiger charge is 2.25. The zero-order valence-electron chi connectivity index (χ0n) is 8.91. The van der Waals surface area contributed by atoms with Crippen molar-refractivity contribution in [2.24, 2.45) is 0 Å². The van der Waals surface area contributed by atoms with E-state index in [1.807, 2.05) is 0 Å². The van der Waals surface area contributed by atoms with Crippen molar-refractivity contribution in [2.45, 2.75) is 18.2 Å². The molecule has 1 aromatic carbocycles. The Labute approximate surface area is 97.5 Å². The summed E-state index contributed by atoms with van der Waals surface area (Å²) in [5, 5.41) is 0. The Bertz CT molecular complexity index is 338. The van der Waals surface area contributed by atoms with Crippen LogP contribution in [0.1, 0.15) is 13.8 Å². The van der Waals surface area contributed by atoms with Crippen molar-refractivity contribution in [1.29, 1.82) is 0 Å². The summed E-state index contributed by atoms with van der Waals surface area (Å²) in [7, 11) is 1.59. The Morgan fingerprint density at radius 2 is 1.67 bits per heavy atom. The van der Waals surface area contributed by atoms with Gasteiger partial charge in [0.15, 0.2) is 0 Å². The lowest BCUT2D eigenvalue weighted by atomic mass is 10.2. The molecule has 0 spiro atoms. The number of halogens is 1. The van der Waals surface area contributed by atoms with Gasteiger partial charge in [-0.2, -0.15) is 0 Å². The van der Waals surface area contributed by atoms with Crippen LogP contribution in [-0.2, 0) is 4.79 Å². The van der Waals surface area contributed by atoms with Crippen molar-refractivity contribution in [3.05, 3.63) is 24.3 Å². The zero-order chi connectivity index (χ0) is 11.5. The molecule has 3 nitrogen and oxygen atoms in total. The molecule has 1 rings (SSSR count). The molecule has 15 heavy (non-hydrogen) atoms. The summed E-state index contributed by atoms with van der Waals surface area (Å²) in [6.45, 7) is 3.47. The van der Waals surface area contributed by atoms with Crippen LogP contribution >= 0.6 is 15.9 Å². The number of esters is 1. The molecule has 0 aliphatic carbocycles.